The SMILES string of the molecule is CC(C)n1c(CC[C@@H](O)C[C@@H](O)CC(=O)O)c(-c2ccc(F)cc2)c2c3ccccc3n(-c3cccc(Cl)c3)c(=O)c21.[H-].[Na+]. The van der Waals surface area contributed by atoms with Crippen LogP contribution in [0.1, 0.15) is 46.3 Å². The van der Waals surface area contributed by atoms with E-state index in [0.29, 0.717) is 28.2 Å². The number of hydrogen-bond donors (Lipinski definition) is 3. The van der Waals surface area contributed by atoms with Crippen LogP contribution in [0.25, 0.3) is 38.6 Å². The molecule has 43 heavy (non-hydrogen) atoms. The topological polar surface area (TPSA) is 105 Å². The molecule has 5 rings (SSSR count). The van der Waals surface area contributed by atoms with Gasteiger partial charge in [0.25, 0.3) is 5.56 Å². The number of aliphatic hydroxyl groups excluding tert-OH is 2. The van der Waals surface area contributed by atoms with Gasteiger partial charge in [0.1, 0.15) is 11.3 Å². The Morgan fingerprint density at radius 1 is 1.00 bits per heavy atom. The minimum atomic E-state index is -1.18. The van der Waals surface area contributed by atoms with Crippen molar-refractivity contribution in [1.82, 2.24) is 9.13 Å². The Morgan fingerprint density at radius 2 is 1.70 bits per heavy atom. The summed E-state index contributed by atoms with van der Waals surface area (Å²) in [5.74, 6) is -1.53. The second-order valence-corrected chi connectivity index (χ2v) is 11.3. The van der Waals surface area contributed by atoms with Crippen molar-refractivity contribution in [1.29, 1.82) is 0 Å². The molecule has 0 spiro atoms. The molecule has 0 bridgehead atoms. The molecule has 0 aliphatic rings. The van der Waals surface area contributed by atoms with Crippen molar-refractivity contribution in [3.05, 3.63) is 99.7 Å². The molecule has 0 saturated carbocycles. The molecule has 2 heterocycles. The van der Waals surface area contributed by atoms with E-state index in [2.05, 4.69) is 0 Å². The van der Waals surface area contributed by atoms with E-state index in [0.717, 1.165) is 27.6 Å². The van der Waals surface area contributed by atoms with Crippen LogP contribution in [-0.2, 0) is 11.2 Å². The normalized spacial score (nSPS) is 12.9. The van der Waals surface area contributed by atoms with Gasteiger partial charge < -0.3 is 21.3 Å². The fourth-order valence-electron chi connectivity index (χ4n) is 5.84. The summed E-state index contributed by atoms with van der Waals surface area (Å²) in [4.78, 5) is 25.5. The maximum Gasteiger partial charge on any atom is 1.00 e. The maximum absolute atomic E-state index is 14.5. The molecule has 3 aromatic carbocycles. The van der Waals surface area contributed by atoms with E-state index in [1.54, 1.807) is 34.9 Å². The van der Waals surface area contributed by atoms with E-state index in [4.69, 9.17) is 16.7 Å². The molecule has 0 aliphatic carbocycles. The van der Waals surface area contributed by atoms with Gasteiger partial charge in [-0.3, -0.25) is 14.2 Å². The minimum Gasteiger partial charge on any atom is -1.00 e. The standard InChI is InChI=1S/C33H32ClFN2O5.Na.H/c1-19(2)36-28(15-14-24(38)17-25(39)18-29(40)41)30(20-10-12-22(35)13-11-20)31-26-8-3-4-9-27(26)37(33(42)32(31)36)23-7-5-6-21(34)16-23;;/h3-13,16,19,24-25,38-39H,14-15,17-18H2,1-2H3,(H,40,41);;/q;+1;-1/t24-,25-;;/m1../s1. The van der Waals surface area contributed by atoms with Crippen LogP contribution in [0.15, 0.2) is 77.6 Å². The number of fused-ring (bicyclic) bond motifs is 3. The van der Waals surface area contributed by atoms with Gasteiger partial charge in [-0.25, -0.2) is 4.39 Å². The van der Waals surface area contributed by atoms with E-state index in [1.165, 1.54) is 12.1 Å². The van der Waals surface area contributed by atoms with Gasteiger partial charge in [-0.2, -0.15) is 0 Å². The molecular weight excluding hydrogens is 582 g/mol. The van der Waals surface area contributed by atoms with Crippen LogP contribution in [0.2, 0.25) is 5.02 Å². The van der Waals surface area contributed by atoms with Gasteiger partial charge in [-0.05, 0) is 75.1 Å². The Hall–Kier alpha value is -2.98. The maximum atomic E-state index is 14.5. The molecule has 3 N–H and O–H groups in total. The molecule has 0 radical (unpaired) electrons. The van der Waals surface area contributed by atoms with Crippen molar-refractivity contribution in [2.24, 2.45) is 0 Å². The van der Waals surface area contributed by atoms with Gasteiger partial charge in [0, 0.05) is 33.1 Å². The predicted octanol–water partition coefficient (Wildman–Crippen LogP) is 3.62. The zero-order valence-electron chi connectivity index (χ0n) is 25.3. The first-order valence-corrected chi connectivity index (χ1v) is 14.2. The second kappa shape index (κ2) is 13.8. The Balaban J connectivity index is 0.00000264. The van der Waals surface area contributed by atoms with Gasteiger partial charge in [-0.1, -0.05) is 48.0 Å². The summed E-state index contributed by atoms with van der Waals surface area (Å²) in [6, 6.07) is 20.7. The summed E-state index contributed by atoms with van der Waals surface area (Å²) in [6.45, 7) is 3.95. The van der Waals surface area contributed by atoms with Crippen molar-refractivity contribution in [2.75, 3.05) is 0 Å². The predicted molar refractivity (Wildman–Crippen MR) is 164 cm³/mol. The Labute approximate surface area is 276 Å². The van der Waals surface area contributed by atoms with E-state index in [-0.39, 0.29) is 61.2 Å². The Bertz CT molecular complexity index is 1840. The molecule has 220 valence electrons. The summed E-state index contributed by atoms with van der Waals surface area (Å²) >= 11 is 6.33. The number of aliphatic hydroxyl groups is 2. The molecule has 0 aliphatic heterocycles. The first-order chi connectivity index (χ1) is 20.1. The van der Waals surface area contributed by atoms with Crippen LogP contribution < -0.4 is 35.1 Å². The third kappa shape index (κ3) is 6.75. The van der Waals surface area contributed by atoms with Gasteiger partial charge in [0.2, 0.25) is 0 Å². The van der Waals surface area contributed by atoms with Crippen LogP contribution in [0.3, 0.4) is 0 Å². The zero-order valence-corrected chi connectivity index (χ0v) is 27.1. The molecule has 0 fully saturated rings. The fraction of sp³-hybridized carbons (Fsp3) is 0.273. The van der Waals surface area contributed by atoms with Gasteiger partial charge in [0.05, 0.1) is 29.8 Å². The molecule has 2 aromatic heterocycles. The number of nitrogens with zero attached hydrogens (tertiary/aromatic N) is 2. The third-order valence-corrected chi connectivity index (χ3v) is 7.75. The molecule has 0 amide bonds. The molecular formula is C33H33ClFN2NaO5. The largest absolute Gasteiger partial charge is 1.00 e. The fourth-order valence-corrected chi connectivity index (χ4v) is 6.03. The van der Waals surface area contributed by atoms with Crippen LogP contribution in [-0.4, -0.2) is 42.6 Å². The average molecular weight is 615 g/mol. The number of carboxylic acid groups (broad SMARTS) is 1. The molecule has 0 saturated heterocycles. The van der Waals surface area contributed by atoms with Crippen LogP contribution in [0, 0.1) is 5.82 Å². The Kier molecular flexibility index (Phi) is 10.5. The molecule has 10 heteroatoms. The number of halogens is 2. The summed E-state index contributed by atoms with van der Waals surface area (Å²) in [6.07, 6.45) is -2.17. The van der Waals surface area contributed by atoms with E-state index in [9.17, 15) is 24.2 Å². The van der Waals surface area contributed by atoms with E-state index in [1.807, 2.05) is 48.7 Å². The molecule has 2 atom stereocenters. The summed E-state index contributed by atoms with van der Waals surface area (Å²) in [7, 11) is 0. The quantitative estimate of drug-likeness (QED) is 0.209. The van der Waals surface area contributed by atoms with Crippen molar-refractivity contribution < 1.29 is 55.5 Å². The minimum absolute atomic E-state index is 0. The first-order valence-electron chi connectivity index (χ1n) is 13.9. The number of rotatable bonds is 10. The average Bonchev–Trinajstić information content (AvgIpc) is 3.28. The Morgan fingerprint density at radius 3 is 2.35 bits per heavy atom. The van der Waals surface area contributed by atoms with E-state index >= 15 is 0 Å². The monoisotopic (exact) mass is 614 g/mol. The van der Waals surface area contributed by atoms with Crippen LogP contribution in [0.4, 0.5) is 4.39 Å². The number of benzene rings is 3. The number of aromatic nitrogens is 2. The van der Waals surface area contributed by atoms with Crippen molar-refractivity contribution in [3.8, 4) is 16.8 Å². The summed E-state index contributed by atoms with van der Waals surface area (Å²) in [5, 5.41) is 31.9. The first kappa shape index (κ1) is 32.9. The number of carbonyl (C=O) groups is 1. The number of hydrogen-bond acceptors (Lipinski definition) is 4. The second-order valence-electron chi connectivity index (χ2n) is 10.8. The number of para-hydroxylation sites is 1. The van der Waals surface area contributed by atoms with Crippen LogP contribution in [0.5, 0.6) is 0 Å². The number of pyridine rings is 1. The summed E-state index contributed by atoms with van der Waals surface area (Å²) < 4.78 is 17.7. The van der Waals surface area contributed by atoms with Crippen molar-refractivity contribution in [2.45, 2.75) is 57.8 Å². The molecule has 7 nitrogen and oxygen atoms in total. The van der Waals surface area contributed by atoms with Crippen LogP contribution >= 0.6 is 11.6 Å². The van der Waals surface area contributed by atoms with E-state index < -0.39 is 24.6 Å². The van der Waals surface area contributed by atoms with Gasteiger partial charge in [-0.15, -0.1) is 0 Å². The third-order valence-electron chi connectivity index (χ3n) is 7.51. The number of carboxylic acids is 1. The van der Waals surface area contributed by atoms with Gasteiger partial charge in [0.15, 0.2) is 0 Å². The van der Waals surface area contributed by atoms with Crippen molar-refractivity contribution >= 4 is 39.4 Å². The smallest absolute Gasteiger partial charge is 1.00 e. The van der Waals surface area contributed by atoms with Gasteiger partial charge >= 0.3 is 35.5 Å². The zero-order chi connectivity index (χ0) is 30.1. The molecule has 0 unspecified atom stereocenters. The van der Waals surface area contributed by atoms with Crippen molar-refractivity contribution in [3.63, 3.8) is 0 Å². The molecule has 5 aromatic rings. The summed E-state index contributed by atoms with van der Waals surface area (Å²) in [5.41, 5.74) is 3.80. The number of aliphatic carboxylic acids is 1.